The number of thiocarbonyl (C=S) groups is 1. The Morgan fingerprint density at radius 3 is 3.24 bits per heavy atom. The van der Waals surface area contributed by atoms with E-state index >= 15 is 0 Å². The zero-order chi connectivity index (χ0) is 11.8. The van der Waals surface area contributed by atoms with Crippen molar-refractivity contribution < 1.29 is 0 Å². The van der Waals surface area contributed by atoms with Crippen molar-refractivity contribution in [3.05, 3.63) is 33.6 Å². The lowest BCUT2D eigenvalue weighted by molar-refractivity contribution is 0.883. The summed E-state index contributed by atoms with van der Waals surface area (Å²) in [6.07, 6.45) is 1.86. The second kappa shape index (κ2) is 4.12. The molecule has 0 saturated carbocycles. The number of fused-ring (bicyclic) bond motifs is 1. The molecule has 2 aromatic heterocycles. The fraction of sp³-hybridized carbons (Fsp3) is 0.273. The molecular formula is C11H12N4S2. The van der Waals surface area contributed by atoms with Crippen LogP contribution in [0.1, 0.15) is 16.1 Å². The number of hydrogen-bond acceptors (Lipinski definition) is 4. The number of hydrogen-bond donors (Lipinski definition) is 2. The second-order valence-electron chi connectivity index (χ2n) is 3.96. The average Bonchev–Trinajstić information content (AvgIpc) is 2.96. The lowest BCUT2D eigenvalue weighted by Crippen LogP contribution is -2.22. The Morgan fingerprint density at radius 1 is 1.65 bits per heavy atom. The molecule has 0 radical (unpaired) electrons. The molecule has 0 aromatic carbocycles. The van der Waals surface area contributed by atoms with Gasteiger partial charge in [0, 0.05) is 23.4 Å². The van der Waals surface area contributed by atoms with Crippen LogP contribution in [0.5, 0.6) is 0 Å². The first kappa shape index (κ1) is 10.7. The first-order valence-electron chi connectivity index (χ1n) is 5.42. The van der Waals surface area contributed by atoms with E-state index in [-0.39, 0.29) is 0 Å². The van der Waals surface area contributed by atoms with Crippen molar-refractivity contribution in [2.24, 2.45) is 5.73 Å². The molecule has 3 N–H and O–H groups in total. The highest BCUT2D eigenvalue weighted by Crippen LogP contribution is 2.27. The van der Waals surface area contributed by atoms with Gasteiger partial charge >= 0.3 is 0 Å². The van der Waals surface area contributed by atoms with E-state index in [0.29, 0.717) is 5.11 Å². The average molecular weight is 264 g/mol. The number of rotatable bonds is 2. The van der Waals surface area contributed by atoms with E-state index in [1.165, 1.54) is 10.4 Å². The topological polar surface area (TPSA) is 55.9 Å². The van der Waals surface area contributed by atoms with Crippen LogP contribution in [0.25, 0.3) is 0 Å². The van der Waals surface area contributed by atoms with Gasteiger partial charge in [0.1, 0.15) is 5.82 Å². The van der Waals surface area contributed by atoms with E-state index in [4.69, 9.17) is 18.0 Å². The van der Waals surface area contributed by atoms with E-state index in [0.717, 1.165) is 30.9 Å². The van der Waals surface area contributed by atoms with Crippen LogP contribution < -0.4 is 11.1 Å². The molecule has 1 aliphatic rings. The van der Waals surface area contributed by atoms with Gasteiger partial charge in [0.15, 0.2) is 5.11 Å². The van der Waals surface area contributed by atoms with Gasteiger partial charge in [0.25, 0.3) is 0 Å². The monoisotopic (exact) mass is 264 g/mol. The normalized spacial score (nSPS) is 13.4. The van der Waals surface area contributed by atoms with Crippen LogP contribution in [-0.2, 0) is 12.8 Å². The fourth-order valence-electron chi connectivity index (χ4n) is 2.13. The zero-order valence-electron chi connectivity index (χ0n) is 9.14. The van der Waals surface area contributed by atoms with Gasteiger partial charge in [0.2, 0.25) is 0 Å². The molecule has 0 saturated heterocycles. The molecule has 4 nitrogen and oxygen atoms in total. The van der Waals surface area contributed by atoms with Crippen molar-refractivity contribution in [3.8, 4) is 0 Å². The largest absolute Gasteiger partial charge is 0.374 e. The van der Waals surface area contributed by atoms with Gasteiger partial charge in [0.05, 0.1) is 5.69 Å². The smallest absolute Gasteiger partial charge is 0.193 e. The van der Waals surface area contributed by atoms with Gasteiger partial charge in [-0.25, -0.2) is 0 Å². The van der Waals surface area contributed by atoms with Gasteiger partial charge in [-0.1, -0.05) is 6.07 Å². The maximum Gasteiger partial charge on any atom is 0.193 e. The summed E-state index contributed by atoms with van der Waals surface area (Å²) in [5, 5.41) is 10.2. The highest BCUT2D eigenvalue weighted by atomic mass is 32.1. The molecule has 6 heteroatoms. The lowest BCUT2D eigenvalue weighted by Gasteiger charge is -2.02. The molecule has 3 heterocycles. The Bertz CT molecular complexity index is 556. The van der Waals surface area contributed by atoms with Gasteiger partial charge in [-0.05, 0) is 30.1 Å². The predicted molar refractivity (Wildman–Crippen MR) is 73.7 cm³/mol. The van der Waals surface area contributed by atoms with Crippen LogP contribution in [0.15, 0.2) is 17.5 Å². The molecule has 3 rings (SSSR count). The Morgan fingerprint density at radius 2 is 2.53 bits per heavy atom. The summed E-state index contributed by atoms with van der Waals surface area (Å²) in [7, 11) is 0. The van der Waals surface area contributed by atoms with Crippen LogP contribution in [-0.4, -0.2) is 21.4 Å². The lowest BCUT2D eigenvalue weighted by atomic mass is 10.1. The first-order valence-corrected chi connectivity index (χ1v) is 6.71. The summed E-state index contributed by atoms with van der Waals surface area (Å²) in [5.41, 5.74) is 8.01. The van der Waals surface area contributed by atoms with Crippen LogP contribution in [0.2, 0.25) is 0 Å². The van der Waals surface area contributed by atoms with E-state index < -0.39 is 0 Å². The SMILES string of the molecule is NC(=S)n1nc(Cc2cccs2)c2c1NCC2. The molecule has 0 atom stereocenters. The van der Waals surface area contributed by atoms with E-state index in [2.05, 4.69) is 27.9 Å². The Labute approximate surface area is 108 Å². The predicted octanol–water partition coefficient (Wildman–Crippen LogP) is 1.60. The minimum absolute atomic E-state index is 0.299. The third kappa shape index (κ3) is 1.83. The number of nitrogens with zero attached hydrogens (tertiary/aromatic N) is 2. The van der Waals surface area contributed by atoms with Crippen LogP contribution >= 0.6 is 23.6 Å². The summed E-state index contributed by atoms with van der Waals surface area (Å²) < 4.78 is 1.64. The number of anilines is 1. The maximum absolute atomic E-state index is 5.67. The molecule has 0 spiro atoms. The maximum atomic E-state index is 5.67. The molecule has 1 aliphatic heterocycles. The third-order valence-corrected chi connectivity index (χ3v) is 3.91. The summed E-state index contributed by atoms with van der Waals surface area (Å²) in [5.74, 6) is 0.976. The Kier molecular flexibility index (Phi) is 2.60. The second-order valence-corrected chi connectivity index (χ2v) is 5.41. The van der Waals surface area contributed by atoms with Crippen molar-refractivity contribution in [3.63, 3.8) is 0 Å². The molecule has 17 heavy (non-hydrogen) atoms. The molecule has 0 aliphatic carbocycles. The van der Waals surface area contributed by atoms with Gasteiger partial charge < -0.3 is 11.1 Å². The molecule has 2 aromatic rings. The van der Waals surface area contributed by atoms with Crippen LogP contribution in [0.3, 0.4) is 0 Å². The van der Waals surface area contributed by atoms with Crippen molar-refractivity contribution in [2.45, 2.75) is 12.8 Å². The van der Waals surface area contributed by atoms with E-state index in [9.17, 15) is 0 Å². The molecule has 0 unspecified atom stereocenters. The summed E-state index contributed by atoms with van der Waals surface area (Å²) in [6.45, 7) is 0.938. The Balaban J connectivity index is 2.00. The quantitative estimate of drug-likeness (QED) is 0.809. The van der Waals surface area contributed by atoms with E-state index in [1.54, 1.807) is 16.0 Å². The molecule has 0 fully saturated rings. The van der Waals surface area contributed by atoms with Crippen molar-refractivity contribution >= 4 is 34.5 Å². The number of nitrogens with one attached hydrogen (secondary N) is 1. The van der Waals surface area contributed by atoms with Crippen molar-refractivity contribution in [1.82, 2.24) is 9.78 Å². The minimum atomic E-state index is 0.299. The molecule has 0 bridgehead atoms. The standard InChI is InChI=1S/C11H12N4S2/c12-11(16)15-10-8(3-4-13-10)9(14-15)6-7-2-1-5-17-7/h1-2,5,13H,3-4,6H2,(H2,12,16). The van der Waals surface area contributed by atoms with E-state index in [1.807, 2.05) is 0 Å². The fourth-order valence-corrected chi connectivity index (χ4v) is 2.97. The van der Waals surface area contributed by atoms with Crippen molar-refractivity contribution in [2.75, 3.05) is 11.9 Å². The number of nitrogens with two attached hydrogens (primary N) is 1. The Hall–Kier alpha value is -1.40. The molecular weight excluding hydrogens is 252 g/mol. The summed E-state index contributed by atoms with van der Waals surface area (Å²) >= 11 is 6.75. The van der Waals surface area contributed by atoms with Gasteiger partial charge in [-0.3, -0.25) is 0 Å². The first-order chi connectivity index (χ1) is 8.25. The van der Waals surface area contributed by atoms with Crippen molar-refractivity contribution in [1.29, 1.82) is 0 Å². The zero-order valence-corrected chi connectivity index (χ0v) is 10.8. The summed E-state index contributed by atoms with van der Waals surface area (Å²) in [4.78, 5) is 1.31. The number of thiophene rings is 1. The van der Waals surface area contributed by atoms with Gasteiger partial charge in [-0.15, -0.1) is 11.3 Å². The van der Waals surface area contributed by atoms with Gasteiger partial charge in [-0.2, -0.15) is 9.78 Å². The molecule has 0 amide bonds. The molecule has 88 valence electrons. The van der Waals surface area contributed by atoms with Crippen LogP contribution in [0.4, 0.5) is 5.82 Å². The number of aromatic nitrogens is 2. The third-order valence-electron chi connectivity index (χ3n) is 2.86. The van der Waals surface area contributed by atoms with Crippen LogP contribution in [0, 0.1) is 0 Å². The highest BCUT2D eigenvalue weighted by molar-refractivity contribution is 7.80. The highest BCUT2D eigenvalue weighted by Gasteiger charge is 2.23. The summed E-state index contributed by atoms with van der Waals surface area (Å²) in [6, 6.07) is 4.18. The minimum Gasteiger partial charge on any atom is -0.374 e.